The van der Waals surface area contributed by atoms with Crippen LogP contribution < -0.4 is 10.7 Å². The molecule has 0 fully saturated rings. The third kappa shape index (κ3) is 4.93. The van der Waals surface area contributed by atoms with E-state index in [1.165, 1.54) is 5.39 Å². The molecule has 0 aliphatic heterocycles. The molecule has 130 valence electrons. The first-order chi connectivity index (χ1) is 11.7. The van der Waals surface area contributed by atoms with E-state index in [2.05, 4.69) is 29.7 Å². The van der Waals surface area contributed by atoms with Crippen LogP contribution in [0.3, 0.4) is 0 Å². The molecule has 0 bridgehead atoms. The predicted octanol–water partition coefficient (Wildman–Crippen LogP) is 0.874. The number of para-hydroxylation sites is 1. The van der Waals surface area contributed by atoms with Gasteiger partial charge in [-0.3, -0.25) is 0 Å². The zero-order valence-corrected chi connectivity index (χ0v) is 14.7. The van der Waals surface area contributed by atoms with E-state index >= 15 is 0 Å². The van der Waals surface area contributed by atoms with Crippen molar-refractivity contribution >= 4 is 22.7 Å². The topological polar surface area (TPSA) is 73.4 Å². The Morgan fingerprint density at radius 1 is 1.25 bits per heavy atom. The predicted molar refractivity (Wildman–Crippen MR) is 95.4 cm³/mol. The zero-order valence-electron chi connectivity index (χ0n) is 14.7. The average molecular weight is 331 g/mol. The largest absolute Gasteiger partial charge is 0.462 e. The van der Waals surface area contributed by atoms with E-state index in [4.69, 9.17) is 10.1 Å². The fraction of sp³-hybridized carbons (Fsp3) is 0.474. The standard InChI is InChI=1S/C19H27N3O2/c1-3-5-6-10-16(19(23)24-4-2)21-18(20)14-22-13-12-15-9-7-8-11-17(15)22/h7-9,11-13,16H,3-6,10,14H2,1-2H3,(H2,20,21)/p+2. The van der Waals surface area contributed by atoms with Gasteiger partial charge in [0.15, 0.2) is 12.6 Å². The molecular weight excluding hydrogens is 302 g/mol. The summed E-state index contributed by atoms with van der Waals surface area (Å²) < 4.78 is 7.30. The van der Waals surface area contributed by atoms with E-state index in [1.807, 2.05) is 30.6 Å². The summed E-state index contributed by atoms with van der Waals surface area (Å²) in [6.45, 7) is 4.97. The highest BCUT2D eigenvalue weighted by molar-refractivity contribution is 5.82. The van der Waals surface area contributed by atoms with Crippen molar-refractivity contribution in [3.8, 4) is 0 Å². The second-order valence-electron chi connectivity index (χ2n) is 6.10. The van der Waals surface area contributed by atoms with Gasteiger partial charge >= 0.3 is 11.8 Å². The van der Waals surface area contributed by atoms with Crippen molar-refractivity contribution in [2.75, 3.05) is 6.61 Å². The minimum absolute atomic E-state index is 0.172. The number of ether oxygens (including phenoxy) is 1. The van der Waals surface area contributed by atoms with Gasteiger partial charge in [0.05, 0.1) is 6.61 Å². The van der Waals surface area contributed by atoms with Crippen LogP contribution in [0.25, 0.3) is 10.9 Å². The molecule has 1 aromatic heterocycles. The van der Waals surface area contributed by atoms with Crippen molar-refractivity contribution in [3.05, 3.63) is 36.5 Å². The Morgan fingerprint density at radius 3 is 2.79 bits per heavy atom. The summed E-state index contributed by atoms with van der Waals surface area (Å²) >= 11 is 0. The Labute approximate surface area is 143 Å². The molecule has 2 rings (SSSR count). The van der Waals surface area contributed by atoms with Gasteiger partial charge in [0.2, 0.25) is 0 Å². The van der Waals surface area contributed by atoms with E-state index in [9.17, 15) is 4.79 Å². The van der Waals surface area contributed by atoms with E-state index in [1.54, 1.807) is 0 Å². The third-order valence-electron chi connectivity index (χ3n) is 4.16. The molecule has 2 aromatic rings. The first-order valence-corrected chi connectivity index (χ1v) is 8.82. The smallest absolute Gasteiger partial charge is 0.365 e. The first-order valence-electron chi connectivity index (χ1n) is 8.82. The number of esters is 1. The second-order valence-corrected chi connectivity index (χ2v) is 6.10. The van der Waals surface area contributed by atoms with Crippen LogP contribution in [0.5, 0.6) is 0 Å². The van der Waals surface area contributed by atoms with E-state index in [0.29, 0.717) is 19.0 Å². The van der Waals surface area contributed by atoms with E-state index in [-0.39, 0.29) is 12.0 Å². The molecule has 0 amide bonds. The normalized spacial score (nSPS) is 12.2. The van der Waals surface area contributed by atoms with Crippen molar-refractivity contribution in [1.29, 1.82) is 0 Å². The van der Waals surface area contributed by atoms with Crippen molar-refractivity contribution in [1.82, 2.24) is 4.57 Å². The number of rotatable bonds is 9. The number of aromatic nitrogens is 1. The summed E-state index contributed by atoms with van der Waals surface area (Å²) in [7, 11) is 0. The van der Waals surface area contributed by atoms with Gasteiger partial charge in [0.1, 0.15) is 0 Å². The van der Waals surface area contributed by atoms with Gasteiger partial charge in [0, 0.05) is 18.1 Å². The van der Waals surface area contributed by atoms with Gasteiger partial charge in [-0.15, -0.1) is 0 Å². The fourth-order valence-corrected chi connectivity index (χ4v) is 2.92. The molecule has 5 nitrogen and oxygen atoms in total. The maximum absolute atomic E-state index is 12.2. The molecule has 0 radical (unpaired) electrons. The number of benzene rings is 1. The Bertz CT molecular complexity index is 678. The number of hydrogen-bond donors (Lipinski definition) is 2. The van der Waals surface area contributed by atoms with Gasteiger partial charge in [-0.2, -0.15) is 0 Å². The van der Waals surface area contributed by atoms with Crippen LogP contribution in [0.4, 0.5) is 0 Å². The average Bonchev–Trinajstić information content (AvgIpc) is 2.97. The molecule has 1 aromatic carbocycles. The molecule has 0 saturated carbocycles. The third-order valence-corrected chi connectivity index (χ3v) is 4.16. The summed E-state index contributed by atoms with van der Waals surface area (Å²) in [5, 5.41) is 9.29. The molecule has 1 heterocycles. The van der Waals surface area contributed by atoms with Gasteiger partial charge < -0.3 is 9.30 Å². The van der Waals surface area contributed by atoms with Crippen molar-refractivity contribution in [2.24, 2.45) is 0 Å². The molecule has 5 heteroatoms. The van der Waals surface area contributed by atoms with E-state index < -0.39 is 0 Å². The Hall–Kier alpha value is -2.14. The lowest BCUT2D eigenvalue weighted by molar-refractivity contribution is -0.596. The summed E-state index contributed by atoms with van der Waals surface area (Å²) in [5.74, 6) is 0.528. The molecular formula is C19H29N3O2+2. The zero-order chi connectivity index (χ0) is 17.4. The molecule has 1 unspecified atom stereocenters. The van der Waals surface area contributed by atoms with Crippen molar-refractivity contribution < 1.29 is 20.3 Å². The monoisotopic (exact) mass is 331 g/mol. The number of quaternary nitrogens is 1. The molecule has 0 spiro atoms. The number of amidine groups is 1. The lowest BCUT2D eigenvalue weighted by atomic mass is 10.1. The van der Waals surface area contributed by atoms with Crippen LogP contribution in [-0.4, -0.2) is 29.0 Å². The molecule has 0 saturated heterocycles. The van der Waals surface area contributed by atoms with Gasteiger partial charge in [-0.05, 0) is 30.9 Å². The number of unbranched alkanes of at least 4 members (excludes halogenated alkanes) is 2. The van der Waals surface area contributed by atoms with Crippen LogP contribution in [0.2, 0.25) is 0 Å². The Balaban J connectivity index is 1.99. The highest BCUT2D eigenvalue weighted by atomic mass is 16.5. The molecule has 0 aliphatic carbocycles. The maximum Gasteiger partial charge on any atom is 0.365 e. The highest BCUT2D eigenvalue weighted by Crippen LogP contribution is 2.14. The van der Waals surface area contributed by atoms with Gasteiger partial charge in [-0.25, -0.2) is 15.5 Å². The van der Waals surface area contributed by atoms with Crippen LogP contribution in [0.15, 0.2) is 36.5 Å². The number of carbonyl (C=O) groups is 1. The van der Waals surface area contributed by atoms with Crippen LogP contribution >= 0.6 is 0 Å². The number of nitrogens with zero attached hydrogens (tertiary/aromatic N) is 1. The summed E-state index contributed by atoms with van der Waals surface area (Å²) in [6, 6.07) is 10.0. The minimum Gasteiger partial charge on any atom is -0.462 e. The number of fused-ring (bicyclic) bond motifs is 1. The summed E-state index contributed by atoms with van der Waals surface area (Å²) in [6.07, 6.45) is 6.08. The molecule has 1 atom stereocenters. The number of carbonyl (C=O) groups excluding carboxylic acids is 1. The van der Waals surface area contributed by atoms with Crippen LogP contribution in [0, 0.1) is 0 Å². The maximum atomic E-state index is 12.2. The quantitative estimate of drug-likeness (QED) is 0.310. The summed E-state index contributed by atoms with van der Waals surface area (Å²) in [5.41, 5.74) is 1.15. The first kappa shape index (κ1) is 18.2. The Kier molecular flexibility index (Phi) is 7.00. The van der Waals surface area contributed by atoms with E-state index in [0.717, 1.165) is 31.2 Å². The molecule has 0 aliphatic rings. The lowest BCUT2D eigenvalue weighted by Crippen LogP contribution is -3.00. The fourth-order valence-electron chi connectivity index (χ4n) is 2.92. The molecule has 4 N–H and O–H groups in total. The molecule has 24 heavy (non-hydrogen) atoms. The second kappa shape index (κ2) is 9.23. The lowest BCUT2D eigenvalue weighted by Gasteiger charge is -2.13. The number of nitrogens with two attached hydrogens (primary N) is 2. The Morgan fingerprint density at radius 2 is 2.04 bits per heavy atom. The minimum atomic E-state index is -0.252. The van der Waals surface area contributed by atoms with Crippen molar-refractivity contribution in [3.63, 3.8) is 0 Å². The van der Waals surface area contributed by atoms with Crippen LogP contribution in [0.1, 0.15) is 39.5 Å². The van der Waals surface area contributed by atoms with Gasteiger partial charge in [-0.1, -0.05) is 38.0 Å². The van der Waals surface area contributed by atoms with Crippen molar-refractivity contribution in [2.45, 2.75) is 52.1 Å². The SMILES string of the molecule is CCCCCC([NH2+]C(=[NH2+])Cn1ccc2ccccc21)C(=O)OCC. The number of hydrogen-bond acceptors (Lipinski definition) is 2. The highest BCUT2D eigenvalue weighted by Gasteiger charge is 2.27. The van der Waals surface area contributed by atoms with Gasteiger partial charge in [0.25, 0.3) is 0 Å². The van der Waals surface area contributed by atoms with Crippen LogP contribution in [-0.2, 0) is 16.1 Å². The summed E-state index contributed by atoms with van der Waals surface area (Å²) in [4.78, 5) is 12.2.